The second-order valence-corrected chi connectivity index (χ2v) is 23.4. The molecule has 10 nitrogen and oxygen atoms in total. The Hall–Kier alpha value is -2.46. The first kappa shape index (κ1) is 35.8. The number of sulfonamides is 1. The molecule has 3 aliphatic rings. The fourth-order valence-corrected chi connectivity index (χ4v) is 10.4. The quantitative estimate of drug-likeness (QED) is 0.217. The summed E-state index contributed by atoms with van der Waals surface area (Å²) in [4.78, 5) is 35.7. The number of hydrogen-bond donors (Lipinski definition) is 1. The number of rotatable bonds is 11. The maximum Gasteiger partial charge on any atom is 0.338 e. The van der Waals surface area contributed by atoms with Gasteiger partial charge in [0.05, 0.1) is 29.5 Å². The van der Waals surface area contributed by atoms with Gasteiger partial charge >= 0.3 is 11.9 Å². The van der Waals surface area contributed by atoms with Crippen LogP contribution in [-0.4, -0.2) is 75.1 Å². The zero-order valence-corrected chi connectivity index (χ0v) is 31.6. The van der Waals surface area contributed by atoms with Crippen LogP contribution in [0.3, 0.4) is 0 Å². The highest BCUT2D eigenvalue weighted by molar-refractivity contribution is 9.10. The van der Waals surface area contributed by atoms with Crippen LogP contribution in [0, 0.1) is 17.2 Å². The number of piperidine rings is 1. The molecule has 1 N–H and O–H groups in total. The summed E-state index contributed by atoms with van der Waals surface area (Å²) in [7, 11) is -5.00. The minimum atomic E-state index is -3.65. The van der Waals surface area contributed by atoms with Crippen molar-refractivity contribution in [2.75, 3.05) is 26.3 Å². The molecule has 0 amide bonds. The van der Waals surface area contributed by atoms with Crippen LogP contribution in [0.5, 0.6) is 0 Å². The van der Waals surface area contributed by atoms with E-state index in [4.69, 9.17) is 14.5 Å². The van der Waals surface area contributed by atoms with Crippen LogP contribution in [0.2, 0.25) is 25.7 Å². The third-order valence-corrected chi connectivity index (χ3v) is 14.5. The van der Waals surface area contributed by atoms with Crippen molar-refractivity contribution in [3.63, 3.8) is 0 Å². The van der Waals surface area contributed by atoms with Crippen LogP contribution < -0.4 is 5.32 Å². The van der Waals surface area contributed by atoms with Gasteiger partial charge in [-0.2, -0.15) is 0 Å². The lowest BCUT2D eigenvalue weighted by Crippen LogP contribution is -2.54. The molecule has 1 aromatic carbocycles. The van der Waals surface area contributed by atoms with Crippen LogP contribution in [0.15, 0.2) is 50.5 Å². The molecule has 1 saturated carbocycles. The van der Waals surface area contributed by atoms with E-state index in [1.54, 1.807) is 26.1 Å². The van der Waals surface area contributed by atoms with Gasteiger partial charge in [-0.3, -0.25) is 9.79 Å². The fourth-order valence-electron chi connectivity index (χ4n) is 6.27. The van der Waals surface area contributed by atoms with E-state index in [0.717, 1.165) is 6.04 Å². The summed E-state index contributed by atoms with van der Waals surface area (Å²) < 4.78 is 54.5. The smallest absolute Gasteiger partial charge is 0.338 e. The van der Waals surface area contributed by atoms with E-state index >= 15 is 0 Å². The first-order valence-corrected chi connectivity index (χ1v) is 22.8. The number of carbonyl (C=O) groups is 2. The molecule has 47 heavy (non-hydrogen) atoms. The lowest BCUT2D eigenvalue weighted by molar-refractivity contribution is -0.159. The first-order valence-electron chi connectivity index (χ1n) is 15.9. The monoisotopic (exact) mass is 768 g/mol. The second kappa shape index (κ2) is 14.2. The molecule has 1 atom stereocenters. The van der Waals surface area contributed by atoms with Gasteiger partial charge in [-0.05, 0) is 63.3 Å². The highest BCUT2D eigenvalue weighted by Crippen LogP contribution is 2.47. The molecule has 15 heteroatoms. The van der Waals surface area contributed by atoms with Crippen molar-refractivity contribution in [1.82, 2.24) is 14.6 Å². The van der Waals surface area contributed by atoms with Crippen LogP contribution in [0.4, 0.5) is 4.39 Å². The predicted octanol–water partition coefficient (Wildman–Crippen LogP) is 6.04. The minimum Gasteiger partial charge on any atom is -0.466 e. The Kier molecular flexibility index (Phi) is 10.8. The largest absolute Gasteiger partial charge is 0.466 e. The number of nitrogens with one attached hydrogen (secondary N) is 1. The lowest BCUT2D eigenvalue weighted by atomic mass is 9.70. The number of hydrogen-bond acceptors (Lipinski definition) is 10. The van der Waals surface area contributed by atoms with E-state index in [9.17, 15) is 22.4 Å². The number of nitrogens with zero attached hydrogens (tertiary/aromatic N) is 3. The van der Waals surface area contributed by atoms with Gasteiger partial charge in [-0.1, -0.05) is 41.6 Å². The summed E-state index contributed by atoms with van der Waals surface area (Å²) in [5.41, 5.74) is 0.715. The van der Waals surface area contributed by atoms with Gasteiger partial charge in [0.25, 0.3) is 0 Å². The van der Waals surface area contributed by atoms with E-state index < -0.39 is 46.6 Å². The number of ether oxygens (including phenoxy) is 2. The molecule has 1 aromatic heterocycles. The predicted molar refractivity (Wildman–Crippen MR) is 186 cm³/mol. The van der Waals surface area contributed by atoms with Crippen molar-refractivity contribution < 1.29 is 31.9 Å². The van der Waals surface area contributed by atoms with Gasteiger partial charge in [0.15, 0.2) is 10.8 Å². The van der Waals surface area contributed by atoms with Crippen LogP contribution in [-0.2, 0) is 29.1 Å². The molecular formula is C32H42BrFN4O6S2Si. The summed E-state index contributed by atoms with van der Waals surface area (Å²) >= 11 is 4.85. The first-order chi connectivity index (χ1) is 22.1. The minimum absolute atomic E-state index is 0.152. The zero-order valence-electron chi connectivity index (χ0n) is 27.3. The highest BCUT2D eigenvalue weighted by Gasteiger charge is 2.54. The van der Waals surface area contributed by atoms with Crippen molar-refractivity contribution in [2.45, 2.75) is 76.5 Å². The molecule has 0 spiro atoms. The second-order valence-electron chi connectivity index (χ2n) is 13.8. The molecule has 2 aromatic rings. The van der Waals surface area contributed by atoms with Gasteiger partial charge in [0, 0.05) is 48.8 Å². The van der Waals surface area contributed by atoms with E-state index in [0.29, 0.717) is 51.6 Å². The van der Waals surface area contributed by atoms with E-state index in [-0.39, 0.29) is 44.4 Å². The van der Waals surface area contributed by atoms with E-state index in [2.05, 4.69) is 45.9 Å². The molecule has 256 valence electrons. The lowest BCUT2D eigenvalue weighted by Gasteiger charge is -2.45. The number of amidine groups is 1. The Bertz CT molecular complexity index is 1660. The van der Waals surface area contributed by atoms with Crippen LogP contribution in [0.1, 0.15) is 56.1 Å². The Morgan fingerprint density at radius 2 is 1.89 bits per heavy atom. The van der Waals surface area contributed by atoms with Crippen LogP contribution in [0.25, 0.3) is 0 Å². The molecule has 1 aliphatic carbocycles. The number of thiazole rings is 1. The van der Waals surface area contributed by atoms with E-state index in [1.807, 2.05) is 5.38 Å². The third kappa shape index (κ3) is 7.90. The Labute approximate surface area is 289 Å². The number of allylic oxidation sites excluding steroid dienone is 1. The molecule has 1 unspecified atom stereocenters. The van der Waals surface area contributed by atoms with Crippen molar-refractivity contribution in [3.8, 4) is 0 Å². The molecule has 5 rings (SSSR count). The van der Waals surface area contributed by atoms with Gasteiger partial charge < -0.3 is 14.8 Å². The standard InChI is InChI=1S/C32H42BrFN4O6S2Si/c1-6-43-30(39)25-26(36-28(29-35-11-15-45-29)37-27(25)23-8-7-21(34)17-24(23)33)20-9-12-38(13-10-20)46(41,42)22-18-32(2,19-22)31(40)44-14-16-47(3,4)5/h7-8,11,15,17,20,22,27H,6,9-10,12-14,16,18-19H2,1-5H3,(H,36,37). The fraction of sp³-hybridized carbons (Fsp3) is 0.562. The average molecular weight is 770 g/mol. The van der Waals surface area contributed by atoms with Crippen molar-refractivity contribution in [3.05, 3.63) is 61.9 Å². The molecular weight excluding hydrogens is 727 g/mol. The zero-order chi connectivity index (χ0) is 34.1. The number of esters is 2. The van der Waals surface area contributed by atoms with Gasteiger partial charge in [0.1, 0.15) is 11.9 Å². The number of benzene rings is 1. The SMILES string of the molecule is CCOC(=O)C1=C(C2CCN(S(=O)(=O)C3CC(C)(C(=O)OCC[Si](C)(C)C)C3)CC2)NC(c2nccs2)=NC1c1ccc(F)cc1Br. The molecule has 0 bridgehead atoms. The molecule has 1 saturated heterocycles. The topological polar surface area (TPSA) is 127 Å². The van der Waals surface area contributed by atoms with Crippen molar-refractivity contribution >= 4 is 63.1 Å². The number of halogens is 2. The molecule has 3 heterocycles. The Morgan fingerprint density at radius 3 is 2.49 bits per heavy atom. The summed E-state index contributed by atoms with van der Waals surface area (Å²) in [5, 5.41) is 5.18. The summed E-state index contributed by atoms with van der Waals surface area (Å²) in [5.74, 6) is -1.02. The van der Waals surface area contributed by atoms with Gasteiger partial charge in [-0.25, -0.2) is 26.9 Å². The normalized spacial score (nSPS) is 24.3. The number of aromatic nitrogens is 1. The van der Waals surface area contributed by atoms with Gasteiger partial charge in [0.2, 0.25) is 10.0 Å². The third-order valence-electron chi connectivity index (χ3n) is 9.04. The Balaban J connectivity index is 1.34. The average Bonchev–Trinajstić information content (AvgIpc) is 3.54. The number of aliphatic imine (C=N–C) groups is 1. The summed E-state index contributed by atoms with van der Waals surface area (Å²) in [6, 6.07) is 4.32. The van der Waals surface area contributed by atoms with E-state index in [1.165, 1.54) is 27.8 Å². The summed E-state index contributed by atoms with van der Waals surface area (Å²) in [6.45, 7) is 11.2. The Morgan fingerprint density at radius 1 is 1.19 bits per heavy atom. The molecule has 0 radical (unpaired) electrons. The maximum absolute atomic E-state index is 14.1. The van der Waals surface area contributed by atoms with Crippen molar-refractivity contribution in [2.24, 2.45) is 16.3 Å². The number of carbonyl (C=O) groups excluding carboxylic acids is 2. The van der Waals surface area contributed by atoms with Crippen LogP contribution >= 0.6 is 27.3 Å². The summed E-state index contributed by atoms with van der Waals surface area (Å²) in [6.07, 6.45) is 3.05. The molecule has 2 aliphatic heterocycles. The molecule has 2 fully saturated rings. The van der Waals surface area contributed by atoms with Gasteiger partial charge in [-0.15, -0.1) is 11.3 Å². The van der Waals surface area contributed by atoms with Crippen molar-refractivity contribution in [1.29, 1.82) is 0 Å². The maximum atomic E-state index is 14.1. The highest BCUT2D eigenvalue weighted by atomic mass is 79.9.